The van der Waals surface area contributed by atoms with Gasteiger partial charge in [-0.25, -0.2) is 13.8 Å². The molecule has 0 fully saturated rings. The van der Waals surface area contributed by atoms with E-state index in [4.69, 9.17) is 4.74 Å². The molecule has 0 aliphatic rings. The second-order valence-electron chi connectivity index (χ2n) is 4.07. The van der Waals surface area contributed by atoms with Gasteiger partial charge in [0.05, 0.1) is 12.8 Å². The molecule has 0 spiro atoms. The van der Waals surface area contributed by atoms with E-state index >= 15 is 0 Å². The molecule has 0 aliphatic heterocycles. The molecule has 5 heteroatoms. The number of aliphatic hydroxyl groups is 1. The quantitative estimate of drug-likeness (QED) is 0.924. The Bertz CT molecular complexity index is 575. The van der Waals surface area contributed by atoms with E-state index < -0.39 is 17.7 Å². The maximum atomic E-state index is 13.1. The van der Waals surface area contributed by atoms with Crippen LogP contribution >= 0.6 is 0 Å². The highest BCUT2D eigenvalue weighted by Crippen LogP contribution is 2.20. The topological polar surface area (TPSA) is 42.4 Å². The van der Waals surface area contributed by atoms with Crippen LogP contribution in [0.5, 0.6) is 5.88 Å². The highest BCUT2D eigenvalue weighted by Gasteiger charge is 2.12. The van der Waals surface area contributed by atoms with Crippen LogP contribution in [0.4, 0.5) is 8.78 Å². The number of aromatic nitrogens is 1. The summed E-state index contributed by atoms with van der Waals surface area (Å²) in [7, 11) is 1.48. The first-order valence-electron chi connectivity index (χ1n) is 5.73. The minimum atomic E-state index is -0.927. The Labute approximate surface area is 109 Å². The first kappa shape index (κ1) is 13.4. The molecule has 1 N–H and O–H groups in total. The van der Waals surface area contributed by atoms with Crippen LogP contribution in [0.2, 0.25) is 0 Å². The van der Waals surface area contributed by atoms with Crippen molar-refractivity contribution in [1.29, 1.82) is 0 Å². The van der Waals surface area contributed by atoms with Crippen molar-refractivity contribution in [3.63, 3.8) is 0 Å². The summed E-state index contributed by atoms with van der Waals surface area (Å²) < 4.78 is 30.8. The number of hydrogen-bond acceptors (Lipinski definition) is 3. The molecule has 2 rings (SSSR count). The monoisotopic (exact) mass is 265 g/mol. The van der Waals surface area contributed by atoms with Gasteiger partial charge in [0.2, 0.25) is 5.88 Å². The summed E-state index contributed by atoms with van der Waals surface area (Å²) >= 11 is 0. The lowest BCUT2D eigenvalue weighted by Crippen LogP contribution is -2.05. The van der Waals surface area contributed by atoms with Gasteiger partial charge in [-0.1, -0.05) is 12.1 Å². The molecule has 19 heavy (non-hydrogen) atoms. The van der Waals surface area contributed by atoms with Gasteiger partial charge in [0.15, 0.2) is 11.6 Å². The molecular weight excluding hydrogens is 252 g/mol. The van der Waals surface area contributed by atoms with Crippen molar-refractivity contribution in [1.82, 2.24) is 4.98 Å². The summed E-state index contributed by atoms with van der Waals surface area (Å²) in [5.41, 5.74) is 0.917. The third kappa shape index (κ3) is 3.26. The SMILES string of the molecule is COc1cccc(C(O)Cc2ccc(F)c(F)c2)n1. The lowest BCUT2D eigenvalue weighted by atomic mass is 10.0. The molecule has 0 aliphatic carbocycles. The van der Waals surface area contributed by atoms with E-state index in [9.17, 15) is 13.9 Å². The van der Waals surface area contributed by atoms with E-state index in [1.54, 1.807) is 18.2 Å². The smallest absolute Gasteiger partial charge is 0.213 e. The van der Waals surface area contributed by atoms with Crippen LogP contribution in [-0.4, -0.2) is 17.2 Å². The Hall–Kier alpha value is -2.01. The number of benzene rings is 1. The minimum absolute atomic E-state index is 0.150. The predicted molar refractivity (Wildman–Crippen MR) is 65.8 cm³/mol. The van der Waals surface area contributed by atoms with Gasteiger partial charge >= 0.3 is 0 Å². The number of pyridine rings is 1. The molecule has 100 valence electrons. The summed E-state index contributed by atoms with van der Waals surface area (Å²) in [5.74, 6) is -1.44. The van der Waals surface area contributed by atoms with Gasteiger partial charge in [-0.05, 0) is 23.8 Å². The van der Waals surface area contributed by atoms with E-state index in [0.717, 1.165) is 12.1 Å². The zero-order valence-corrected chi connectivity index (χ0v) is 10.3. The summed E-state index contributed by atoms with van der Waals surface area (Å²) in [6.45, 7) is 0. The third-order valence-electron chi connectivity index (χ3n) is 2.71. The van der Waals surface area contributed by atoms with Crippen LogP contribution < -0.4 is 4.74 Å². The van der Waals surface area contributed by atoms with Gasteiger partial charge in [0.25, 0.3) is 0 Å². The second kappa shape index (κ2) is 5.75. The van der Waals surface area contributed by atoms with Crippen LogP contribution in [-0.2, 0) is 6.42 Å². The molecule has 1 heterocycles. The van der Waals surface area contributed by atoms with Crippen LogP contribution in [0.15, 0.2) is 36.4 Å². The Morgan fingerprint density at radius 3 is 2.68 bits per heavy atom. The lowest BCUT2D eigenvalue weighted by Gasteiger charge is -2.11. The molecule has 0 bridgehead atoms. The summed E-state index contributed by atoms with van der Waals surface area (Å²) in [6.07, 6.45) is -0.753. The molecule has 0 amide bonds. The number of halogens is 2. The van der Waals surface area contributed by atoms with Gasteiger partial charge in [-0.2, -0.15) is 0 Å². The molecule has 1 aromatic heterocycles. The zero-order chi connectivity index (χ0) is 13.8. The van der Waals surface area contributed by atoms with E-state index in [0.29, 0.717) is 17.1 Å². The summed E-state index contributed by atoms with van der Waals surface area (Å²) in [5, 5.41) is 10.0. The van der Waals surface area contributed by atoms with Crippen molar-refractivity contribution in [3.8, 4) is 5.88 Å². The Balaban J connectivity index is 2.15. The molecular formula is C14H13F2NO2. The standard InChI is InChI=1S/C14H13F2NO2/c1-19-14-4-2-3-12(17-14)13(18)8-9-5-6-10(15)11(16)7-9/h2-7,13,18H,8H2,1H3. The van der Waals surface area contributed by atoms with Crippen molar-refractivity contribution in [3.05, 3.63) is 59.3 Å². The summed E-state index contributed by atoms with van der Waals surface area (Å²) in [6, 6.07) is 8.55. The van der Waals surface area contributed by atoms with Crippen LogP contribution in [0.3, 0.4) is 0 Å². The Kier molecular flexibility index (Phi) is 4.06. The summed E-state index contributed by atoms with van der Waals surface area (Å²) in [4.78, 5) is 4.09. The van der Waals surface area contributed by atoms with Crippen LogP contribution in [0.1, 0.15) is 17.4 Å². The first-order chi connectivity index (χ1) is 9.10. The van der Waals surface area contributed by atoms with Crippen molar-refractivity contribution in [2.24, 2.45) is 0 Å². The van der Waals surface area contributed by atoms with Gasteiger partial charge in [-0.15, -0.1) is 0 Å². The normalized spacial score (nSPS) is 12.2. The highest BCUT2D eigenvalue weighted by molar-refractivity contribution is 5.22. The van der Waals surface area contributed by atoms with Crippen molar-refractivity contribution in [2.75, 3.05) is 7.11 Å². The molecule has 3 nitrogen and oxygen atoms in total. The first-order valence-corrected chi connectivity index (χ1v) is 5.73. The van der Waals surface area contributed by atoms with E-state index in [2.05, 4.69) is 4.98 Å². The highest BCUT2D eigenvalue weighted by atomic mass is 19.2. The average Bonchev–Trinajstić information content (AvgIpc) is 2.43. The maximum Gasteiger partial charge on any atom is 0.213 e. The zero-order valence-electron chi connectivity index (χ0n) is 10.3. The van der Waals surface area contributed by atoms with Crippen LogP contribution in [0, 0.1) is 11.6 Å². The molecule has 0 saturated heterocycles. The van der Waals surface area contributed by atoms with Gasteiger partial charge < -0.3 is 9.84 Å². The fraction of sp³-hybridized carbons (Fsp3) is 0.214. The minimum Gasteiger partial charge on any atom is -0.481 e. The second-order valence-corrected chi connectivity index (χ2v) is 4.07. The van der Waals surface area contributed by atoms with E-state index in [1.807, 2.05) is 0 Å². The number of ether oxygens (including phenoxy) is 1. The maximum absolute atomic E-state index is 13.1. The Morgan fingerprint density at radius 2 is 2.00 bits per heavy atom. The van der Waals surface area contributed by atoms with Crippen LogP contribution in [0.25, 0.3) is 0 Å². The van der Waals surface area contributed by atoms with Crippen molar-refractivity contribution >= 4 is 0 Å². The van der Waals surface area contributed by atoms with Crippen molar-refractivity contribution in [2.45, 2.75) is 12.5 Å². The van der Waals surface area contributed by atoms with E-state index in [-0.39, 0.29) is 6.42 Å². The van der Waals surface area contributed by atoms with E-state index in [1.165, 1.54) is 13.2 Å². The fourth-order valence-electron chi connectivity index (χ4n) is 1.72. The Morgan fingerprint density at radius 1 is 1.21 bits per heavy atom. The fourth-order valence-corrected chi connectivity index (χ4v) is 1.72. The van der Waals surface area contributed by atoms with Gasteiger partial charge in [-0.3, -0.25) is 0 Å². The van der Waals surface area contributed by atoms with Crippen molar-refractivity contribution < 1.29 is 18.6 Å². The number of hydrogen-bond donors (Lipinski definition) is 1. The molecule has 1 aromatic carbocycles. The average molecular weight is 265 g/mol. The number of rotatable bonds is 4. The predicted octanol–water partition coefficient (Wildman–Crippen LogP) is 2.64. The molecule has 1 atom stereocenters. The number of nitrogens with zero attached hydrogens (tertiary/aromatic N) is 1. The molecule has 0 radical (unpaired) electrons. The molecule has 1 unspecified atom stereocenters. The largest absolute Gasteiger partial charge is 0.481 e. The van der Waals surface area contributed by atoms with Gasteiger partial charge in [0, 0.05) is 12.5 Å². The molecule has 0 saturated carbocycles. The third-order valence-corrected chi connectivity index (χ3v) is 2.71. The number of aliphatic hydroxyl groups excluding tert-OH is 1. The molecule has 2 aromatic rings. The number of methoxy groups -OCH3 is 1. The lowest BCUT2D eigenvalue weighted by molar-refractivity contribution is 0.172. The van der Waals surface area contributed by atoms with Gasteiger partial charge in [0.1, 0.15) is 6.10 Å².